The van der Waals surface area contributed by atoms with Crippen molar-refractivity contribution in [3.63, 3.8) is 0 Å². The molecule has 4 heteroatoms. The minimum atomic E-state index is -0.0629. The fourth-order valence-corrected chi connectivity index (χ4v) is 3.55. The molecule has 1 heterocycles. The van der Waals surface area contributed by atoms with E-state index in [2.05, 4.69) is 24.5 Å². The van der Waals surface area contributed by atoms with Crippen LogP contribution in [0, 0.1) is 5.92 Å². The number of ether oxygens (including phenoxy) is 1. The Kier molecular flexibility index (Phi) is 3.85. The maximum Gasteiger partial charge on any atom is 0.116 e. The first-order valence-corrected chi connectivity index (χ1v) is 7.15. The number of likely N-dealkylation sites (N-methyl/N-ethyl adjacent to an activating group) is 1. The van der Waals surface area contributed by atoms with Crippen LogP contribution in [0.4, 0.5) is 0 Å². The van der Waals surface area contributed by atoms with Crippen LogP contribution in [0.2, 0.25) is 0 Å². The number of methoxy groups -OCH3 is 1. The second kappa shape index (κ2) is 5.04. The summed E-state index contributed by atoms with van der Waals surface area (Å²) < 4.78 is 5.43. The molecule has 0 radical (unpaired) electrons. The van der Waals surface area contributed by atoms with Crippen molar-refractivity contribution >= 4 is 11.3 Å². The van der Waals surface area contributed by atoms with Gasteiger partial charge in [-0.3, -0.25) is 0 Å². The lowest BCUT2D eigenvalue weighted by atomic mass is 9.95. The molecule has 17 heavy (non-hydrogen) atoms. The molecule has 1 saturated carbocycles. The molecular weight excluding hydrogens is 232 g/mol. The predicted octanol–water partition coefficient (Wildman–Crippen LogP) is 2.74. The molecule has 0 amide bonds. The van der Waals surface area contributed by atoms with E-state index in [1.54, 1.807) is 18.4 Å². The van der Waals surface area contributed by atoms with Crippen LogP contribution in [-0.4, -0.2) is 25.7 Å². The number of aromatic nitrogens is 1. The van der Waals surface area contributed by atoms with Crippen LogP contribution in [-0.2, 0) is 10.3 Å². The Bertz CT molecular complexity index is 373. The third-order valence-electron chi connectivity index (χ3n) is 3.59. The van der Waals surface area contributed by atoms with E-state index in [1.165, 1.54) is 23.5 Å². The molecular formula is C13H22N2OS. The number of hydrogen-bond acceptors (Lipinski definition) is 4. The van der Waals surface area contributed by atoms with Crippen LogP contribution in [0.1, 0.15) is 43.3 Å². The monoisotopic (exact) mass is 254 g/mol. The second-order valence-electron chi connectivity index (χ2n) is 5.16. The molecule has 3 nitrogen and oxygen atoms in total. The molecule has 0 aliphatic heterocycles. The van der Waals surface area contributed by atoms with Gasteiger partial charge in [-0.2, -0.15) is 0 Å². The first kappa shape index (κ1) is 13.0. The highest BCUT2D eigenvalue weighted by molar-refractivity contribution is 7.09. The molecule has 1 aromatic heterocycles. The lowest BCUT2D eigenvalue weighted by molar-refractivity contribution is 0.0979. The van der Waals surface area contributed by atoms with Crippen LogP contribution in [0.15, 0.2) is 5.38 Å². The molecule has 1 aliphatic carbocycles. The number of thiazole rings is 1. The van der Waals surface area contributed by atoms with E-state index in [-0.39, 0.29) is 5.54 Å². The van der Waals surface area contributed by atoms with Crippen LogP contribution in [0.5, 0.6) is 0 Å². The van der Waals surface area contributed by atoms with Gasteiger partial charge in [0.05, 0.1) is 17.8 Å². The number of nitrogens with one attached hydrogen (secondary N) is 1. The van der Waals surface area contributed by atoms with Gasteiger partial charge < -0.3 is 10.1 Å². The Balaban J connectivity index is 2.30. The molecule has 0 spiro atoms. The number of hydrogen-bond donors (Lipinski definition) is 1. The number of rotatable bonds is 6. The van der Waals surface area contributed by atoms with E-state index in [0.29, 0.717) is 18.4 Å². The van der Waals surface area contributed by atoms with Crippen LogP contribution in [0.3, 0.4) is 0 Å². The molecule has 2 rings (SSSR count). The SMILES string of the molecule is CNC(COC)(c1nc(C(C)C)cs1)C1CC1. The van der Waals surface area contributed by atoms with Gasteiger partial charge in [0.25, 0.3) is 0 Å². The van der Waals surface area contributed by atoms with Gasteiger partial charge in [-0.05, 0) is 31.7 Å². The summed E-state index contributed by atoms with van der Waals surface area (Å²) >= 11 is 1.76. The van der Waals surface area contributed by atoms with E-state index in [9.17, 15) is 0 Å². The van der Waals surface area contributed by atoms with Crippen LogP contribution in [0.25, 0.3) is 0 Å². The molecule has 1 fully saturated rings. The molecule has 96 valence electrons. The van der Waals surface area contributed by atoms with Crippen molar-refractivity contribution in [2.24, 2.45) is 5.92 Å². The zero-order valence-corrected chi connectivity index (χ0v) is 11.9. The first-order chi connectivity index (χ1) is 8.14. The summed E-state index contributed by atoms with van der Waals surface area (Å²) in [5.74, 6) is 1.18. The largest absolute Gasteiger partial charge is 0.382 e. The normalized spacial score (nSPS) is 19.6. The molecule has 1 aromatic rings. The Morgan fingerprint density at radius 2 is 2.29 bits per heavy atom. The summed E-state index contributed by atoms with van der Waals surface area (Å²) in [4.78, 5) is 4.81. The number of nitrogens with zero attached hydrogens (tertiary/aromatic N) is 1. The van der Waals surface area contributed by atoms with E-state index in [0.717, 1.165) is 0 Å². The van der Waals surface area contributed by atoms with Crippen molar-refractivity contribution in [2.75, 3.05) is 20.8 Å². The Morgan fingerprint density at radius 1 is 1.59 bits per heavy atom. The van der Waals surface area contributed by atoms with Gasteiger partial charge in [0.15, 0.2) is 0 Å². The van der Waals surface area contributed by atoms with Crippen molar-refractivity contribution < 1.29 is 4.74 Å². The van der Waals surface area contributed by atoms with E-state index < -0.39 is 0 Å². The minimum absolute atomic E-state index is 0.0629. The summed E-state index contributed by atoms with van der Waals surface area (Å²) in [5.41, 5.74) is 1.13. The van der Waals surface area contributed by atoms with Gasteiger partial charge in [-0.1, -0.05) is 13.8 Å². The highest BCUT2D eigenvalue weighted by atomic mass is 32.1. The van der Waals surface area contributed by atoms with Gasteiger partial charge in [-0.15, -0.1) is 11.3 Å². The lowest BCUT2D eigenvalue weighted by Gasteiger charge is -2.31. The minimum Gasteiger partial charge on any atom is -0.382 e. The van der Waals surface area contributed by atoms with Gasteiger partial charge in [0.1, 0.15) is 5.01 Å². The molecule has 0 saturated heterocycles. The molecule has 0 bridgehead atoms. The molecule has 1 N–H and O–H groups in total. The fraction of sp³-hybridized carbons (Fsp3) is 0.769. The maximum atomic E-state index is 5.43. The van der Waals surface area contributed by atoms with Crippen molar-refractivity contribution in [3.8, 4) is 0 Å². The third-order valence-corrected chi connectivity index (χ3v) is 4.63. The van der Waals surface area contributed by atoms with Crippen molar-refractivity contribution in [3.05, 3.63) is 16.1 Å². The average molecular weight is 254 g/mol. The lowest BCUT2D eigenvalue weighted by Crippen LogP contribution is -2.46. The van der Waals surface area contributed by atoms with Crippen LogP contribution < -0.4 is 5.32 Å². The summed E-state index contributed by atoms with van der Waals surface area (Å²) in [6.07, 6.45) is 2.56. The Morgan fingerprint density at radius 3 is 2.71 bits per heavy atom. The van der Waals surface area contributed by atoms with E-state index in [1.807, 2.05) is 7.05 Å². The summed E-state index contributed by atoms with van der Waals surface area (Å²) in [5, 5.41) is 6.84. The average Bonchev–Trinajstić information content (AvgIpc) is 3.03. The summed E-state index contributed by atoms with van der Waals surface area (Å²) in [6.45, 7) is 5.08. The van der Waals surface area contributed by atoms with Crippen molar-refractivity contribution in [2.45, 2.75) is 38.1 Å². The highest BCUT2D eigenvalue weighted by Crippen LogP contribution is 2.46. The van der Waals surface area contributed by atoms with Crippen LogP contribution >= 0.6 is 11.3 Å². The van der Waals surface area contributed by atoms with Gasteiger partial charge in [0, 0.05) is 12.5 Å². The standard InChI is InChI=1S/C13H22N2OS/c1-9(2)11-7-17-12(15-11)13(14-3,8-16-4)10-5-6-10/h7,9-10,14H,5-6,8H2,1-4H3. The van der Waals surface area contributed by atoms with Crippen molar-refractivity contribution in [1.82, 2.24) is 10.3 Å². The Labute approximate surface area is 108 Å². The van der Waals surface area contributed by atoms with Gasteiger partial charge in [-0.25, -0.2) is 4.98 Å². The van der Waals surface area contributed by atoms with Gasteiger partial charge in [0.2, 0.25) is 0 Å². The molecule has 1 atom stereocenters. The maximum absolute atomic E-state index is 5.43. The second-order valence-corrected chi connectivity index (χ2v) is 6.02. The highest BCUT2D eigenvalue weighted by Gasteiger charge is 2.47. The predicted molar refractivity (Wildman–Crippen MR) is 71.5 cm³/mol. The molecule has 0 aromatic carbocycles. The zero-order valence-electron chi connectivity index (χ0n) is 11.1. The Hall–Kier alpha value is -0.450. The molecule has 1 unspecified atom stereocenters. The van der Waals surface area contributed by atoms with E-state index >= 15 is 0 Å². The third kappa shape index (κ3) is 2.39. The fourth-order valence-electron chi connectivity index (χ4n) is 2.30. The quantitative estimate of drug-likeness (QED) is 0.847. The van der Waals surface area contributed by atoms with Gasteiger partial charge >= 0.3 is 0 Å². The summed E-state index contributed by atoms with van der Waals surface area (Å²) in [7, 11) is 3.79. The smallest absolute Gasteiger partial charge is 0.116 e. The molecule has 1 aliphatic rings. The van der Waals surface area contributed by atoms with E-state index in [4.69, 9.17) is 9.72 Å². The van der Waals surface area contributed by atoms with Crippen molar-refractivity contribution in [1.29, 1.82) is 0 Å². The summed E-state index contributed by atoms with van der Waals surface area (Å²) in [6, 6.07) is 0. The zero-order chi connectivity index (χ0) is 12.5. The first-order valence-electron chi connectivity index (χ1n) is 6.27. The topological polar surface area (TPSA) is 34.1 Å².